The van der Waals surface area contributed by atoms with Crippen LogP contribution in [0.1, 0.15) is 71.1 Å². The first-order valence-electron chi connectivity index (χ1n) is 8.69. The Morgan fingerprint density at radius 1 is 1.05 bits per heavy atom. The summed E-state index contributed by atoms with van der Waals surface area (Å²) < 4.78 is 0. The van der Waals surface area contributed by atoms with Crippen molar-refractivity contribution in [3.05, 3.63) is 0 Å². The lowest BCUT2D eigenvalue weighted by Gasteiger charge is -2.31. The van der Waals surface area contributed by atoms with Gasteiger partial charge in [0.15, 0.2) is 0 Å². The minimum Gasteiger partial charge on any atom is -0.314 e. The average molecular weight is 266 g/mol. The summed E-state index contributed by atoms with van der Waals surface area (Å²) >= 11 is 0. The lowest BCUT2D eigenvalue weighted by atomic mass is 9.81. The van der Waals surface area contributed by atoms with E-state index in [9.17, 15) is 0 Å². The van der Waals surface area contributed by atoms with Crippen molar-refractivity contribution >= 4 is 0 Å². The molecule has 0 aromatic rings. The lowest BCUT2D eigenvalue weighted by molar-refractivity contribution is 0.188. The lowest BCUT2D eigenvalue weighted by Crippen LogP contribution is -2.36. The highest BCUT2D eigenvalue weighted by Gasteiger charge is 2.20. The number of rotatable bonds is 8. The molecule has 0 amide bonds. The van der Waals surface area contributed by atoms with Crippen LogP contribution >= 0.6 is 0 Å². The van der Waals surface area contributed by atoms with Gasteiger partial charge in [0.25, 0.3) is 0 Å². The maximum absolute atomic E-state index is 3.71. The predicted octanol–water partition coefficient (Wildman–Crippen LogP) is 3.81. The smallest absolute Gasteiger partial charge is 0.00922 e. The second-order valence-electron chi connectivity index (χ2n) is 7.01. The third kappa shape index (κ3) is 5.43. The topological polar surface area (TPSA) is 15.3 Å². The number of hydrogen-bond donors (Lipinski definition) is 1. The van der Waals surface area contributed by atoms with Gasteiger partial charge in [0.05, 0.1) is 0 Å². The van der Waals surface area contributed by atoms with Gasteiger partial charge in [-0.3, -0.25) is 0 Å². The molecule has 0 aliphatic heterocycles. The standard InChI is InChI=1S/C17H34N2/c1-15(14-16-8-6-9-16)18-12-7-13-19(2)17-10-4-3-5-11-17/h15-18H,3-14H2,1-2H3. The van der Waals surface area contributed by atoms with Gasteiger partial charge in [0.2, 0.25) is 0 Å². The molecule has 2 heteroatoms. The van der Waals surface area contributed by atoms with Gasteiger partial charge in [-0.05, 0) is 58.7 Å². The van der Waals surface area contributed by atoms with Crippen LogP contribution in [0.15, 0.2) is 0 Å². The van der Waals surface area contributed by atoms with Crippen molar-refractivity contribution in [2.75, 3.05) is 20.1 Å². The zero-order valence-corrected chi connectivity index (χ0v) is 13.2. The van der Waals surface area contributed by atoms with Crippen LogP contribution in [0.2, 0.25) is 0 Å². The maximum atomic E-state index is 3.71. The van der Waals surface area contributed by atoms with E-state index in [1.165, 1.54) is 77.3 Å². The second-order valence-corrected chi connectivity index (χ2v) is 7.01. The van der Waals surface area contributed by atoms with Gasteiger partial charge >= 0.3 is 0 Å². The van der Waals surface area contributed by atoms with E-state index in [4.69, 9.17) is 0 Å². The van der Waals surface area contributed by atoms with Gasteiger partial charge < -0.3 is 10.2 Å². The minimum atomic E-state index is 0.727. The fourth-order valence-corrected chi connectivity index (χ4v) is 3.69. The van der Waals surface area contributed by atoms with Crippen molar-refractivity contribution in [1.29, 1.82) is 0 Å². The monoisotopic (exact) mass is 266 g/mol. The summed E-state index contributed by atoms with van der Waals surface area (Å²) in [5.74, 6) is 1.03. The van der Waals surface area contributed by atoms with Gasteiger partial charge in [-0.15, -0.1) is 0 Å². The molecule has 0 radical (unpaired) electrons. The van der Waals surface area contributed by atoms with Crippen LogP contribution in [0, 0.1) is 5.92 Å². The van der Waals surface area contributed by atoms with Crippen LogP contribution in [0.3, 0.4) is 0 Å². The van der Waals surface area contributed by atoms with Gasteiger partial charge in [0.1, 0.15) is 0 Å². The molecule has 2 fully saturated rings. The largest absolute Gasteiger partial charge is 0.314 e. The van der Waals surface area contributed by atoms with Gasteiger partial charge in [-0.2, -0.15) is 0 Å². The molecule has 112 valence electrons. The Hall–Kier alpha value is -0.0800. The molecule has 1 N–H and O–H groups in total. The minimum absolute atomic E-state index is 0.727. The number of nitrogens with one attached hydrogen (secondary N) is 1. The SMILES string of the molecule is CC(CC1CCC1)NCCCN(C)C1CCCCC1. The molecule has 2 aliphatic rings. The van der Waals surface area contributed by atoms with E-state index in [-0.39, 0.29) is 0 Å². The first kappa shape index (κ1) is 15.3. The molecule has 0 heterocycles. The fourth-order valence-electron chi connectivity index (χ4n) is 3.69. The van der Waals surface area contributed by atoms with Crippen LogP contribution in [0.5, 0.6) is 0 Å². The molecule has 2 aliphatic carbocycles. The summed E-state index contributed by atoms with van der Waals surface area (Å²) in [5.41, 5.74) is 0. The summed E-state index contributed by atoms with van der Waals surface area (Å²) in [6.45, 7) is 4.84. The Balaban J connectivity index is 1.48. The van der Waals surface area contributed by atoms with Gasteiger partial charge in [-0.25, -0.2) is 0 Å². The molecule has 0 saturated heterocycles. The summed E-state index contributed by atoms with van der Waals surface area (Å²) in [6.07, 6.45) is 14.4. The van der Waals surface area contributed by atoms with Crippen LogP contribution in [0.25, 0.3) is 0 Å². The highest BCUT2D eigenvalue weighted by atomic mass is 15.1. The van der Waals surface area contributed by atoms with E-state index in [1.807, 2.05) is 0 Å². The molecule has 2 nitrogen and oxygen atoms in total. The van der Waals surface area contributed by atoms with Gasteiger partial charge in [-0.1, -0.05) is 38.5 Å². The van der Waals surface area contributed by atoms with Crippen LogP contribution in [-0.2, 0) is 0 Å². The van der Waals surface area contributed by atoms with Crippen molar-refractivity contribution in [2.24, 2.45) is 5.92 Å². The molecule has 1 unspecified atom stereocenters. The molecular weight excluding hydrogens is 232 g/mol. The van der Waals surface area contributed by atoms with Crippen LogP contribution in [-0.4, -0.2) is 37.1 Å². The summed E-state index contributed by atoms with van der Waals surface area (Å²) in [6, 6.07) is 1.60. The summed E-state index contributed by atoms with van der Waals surface area (Å²) in [5, 5.41) is 3.71. The maximum Gasteiger partial charge on any atom is 0.00922 e. The van der Waals surface area contributed by atoms with Crippen molar-refractivity contribution in [2.45, 2.75) is 83.2 Å². The highest BCUT2D eigenvalue weighted by Crippen LogP contribution is 2.30. The highest BCUT2D eigenvalue weighted by molar-refractivity contribution is 4.76. The van der Waals surface area contributed by atoms with Crippen LogP contribution in [0.4, 0.5) is 0 Å². The molecule has 2 rings (SSSR count). The Labute approximate surface area is 120 Å². The summed E-state index contributed by atoms with van der Waals surface area (Å²) in [4.78, 5) is 2.61. The molecule has 0 bridgehead atoms. The van der Waals surface area contributed by atoms with Crippen LogP contribution < -0.4 is 5.32 Å². The van der Waals surface area contributed by atoms with Crippen molar-refractivity contribution in [1.82, 2.24) is 10.2 Å². The molecule has 0 aromatic carbocycles. The van der Waals surface area contributed by atoms with Crippen molar-refractivity contribution in [3.63, 3.8) is 0 Å². The van der Waals surface area contributed by atoms with E-state index in [0.717, 1.165) is 18.0 Å². The van der Waals surface area contributed by atoms with Gasteiger partial charge in [0, 0.05) is 12.1 Å². The Kier molecular flexibility index (Phi) is 6.66. The molecule has 0 aromatic heterocycles. The van der Waals surface area contributed by atoms with E-state index < -0.39 is 0 Å². The molecule has 0 spiro atoms. The van der Waals surface area contributed by atoms with E-state index in [0.29, 0.717) is 0 Å². The molecular formula is C17H34N2. The molecule has 2 saturated carbocycles. The van der Waals surface area contributed by atoms with E-state index >= 15 is 0 Å². The normalized spacial score (nSPS) is 23.5. The molecule has 19 heavy (non-hydrogen) atoms. The first-order valence-corrected chi connectivity index (χ1v) is 8.69. The average Bonchev–Trinajstić information content (AvgIpc) is 2.40. The third-order valence-electron chi connectivity index (χ3n) is 5.29. The second kappa shape index (κ2) is 8.26. The van der Waals surface area contributed by atoms with Crippen molar-refractivity contribution < 1.29 is 0 Å². The quantitative estimate of drug-likeness (QED) is 0.672. The van der Waals surface area contributed by atoms with Crippen molar-refractivity contribution in [3.8, 4) is 0 Å². The zero-order valence-electron chi connectivity index (χ0n) is 13.2. The first-order chi connectivity index (χ1) is 9.25. The Morgan fingerprint density at radius 3 is 2.42 bits per heavy atom. The fraction of sp³-hybridized carbons (Fsp3) is 1.00. The Bertz CT molecular complexity index is 231. The number of hydrogen-bond acceptors (Lipinski definition) is 2. The Morgan fingerprint density at radius 2 is 1.79 bits per heavy atom. The van der Waals surface area contributed by atoms with E-state index in [2.05, 4.69) is 24.2 Å². The predicted molar refractivity (Wildman–Crippen MR) is 83.5 cm³/mol. The number of nitrogens with zero attached hydrogens (tertiary/aromatic N) is 1. The van der Waals surface area contributed by atoms with E-state index in [1.54, 1.807) is 0 Å². The zero-order chi connectivity index (χ0) is 13.5. The summed E-state index contributed by atoms with van der Waals surface area (Å²) in [7, 11) is 2.33. The third-order valence-corrected chi connectivity index (χ3v) is 5.29. The molecule has 1 atom stereocenters.